The molecule has 1 aromatic carbocycles. The van der Waals surface area contributed by atoms with E-state index in [1.54, 1.807) is 6.07 Å². The van der Waals surface area contributed by atoms with Gasteiger partial charge in [-0.05, 0) is 36.8 Å². The van der Waals surface area contributed by atoms with Crippen LogP contribution < -0.4 is 5.32 Å². The maximum absolute atomic E-state index is 13.8. The monoisotopic (exact) mass is 309 g/mol. The Labute approximate surface area is 130 Å². The highest BCUT2D eigenvalue weighted by Gasteiger charge is 2.17. The predicted octanol–water partition coefficient (Wildman–Crippen LogP) is 5.00. The fraction of sp³-hybridized carbons (Fsp3) is 0.529. The number of furan rings is 1. The zero-order valence-corrected chi connectivity index (χ0v) is 13.8. The van der Waals surface area contributed by atoms with Crippen LogP contribution in [-0.4, -0.2) is 18.1 Å². The Morgan fingerprint density at radius 1 is 1.29 bits per heavy atom. The molecule has 0 amide bonds. The van der Waals surface area contributed by atoms with Gasteiger partial charge in [0.2, 0.25) is 0 Å². The first kappa shape index (κ1) is 16.4. The second-order valence-corrected chi connectivity index (χ2v) is 6.82. The first-order valence-electron chi connectivity index (χ1n) is 7.61. The van der Waals surface area contributed by atoms with Crippen LogP contribution in [0.4, 0.5) is 4.39 Å². The van der Waals surface area contributed by atoms with Gasteiger partial charge in [-0.3, -0.25) is 0 Å². The third-order valence-corrected chi connectivity index (χ3v) is 4.71. The highest BCUT2D eigenvalue weighted by atomic mass is 32.2. The van der Waals surface area contributed by atoms with Crippen molar-refractivity contribution in [1.29, 1.82) is 0 Å². The van der Waals surface area contributed by atoms with Crippen LogP contribution in [0.15, 0.2) is 28.7 Å². The minimum absolute atomic E-state index is 0.139. The minimum atomic E-state index is -0.289. The first-order valence-corrected chi connectivity index (χ1v) is 8.76. The summed E-state index contributed by atoms with van der Waals surface area (Å²) in [7, 11) is 0. The van der Waals surface area contributed by atoms with E-state index < -0.39 is 0 Å². The number of hydrogen-bond acceptors (Lipinski definition) is 3. The molecular formula is C17H24FNOS. The van der Waals surface area contributed by atoms with E-state index in [4.69, 9.17) is 4.42 Å². The summed E-state index contributed by atoms with van der Waals surface area (Å²) in [5.41, 5.74) is 0.365. The number of fused-ring (bicyclic) bond motifs is 1. The highest BCUT2D eigenvalue weighted by molar-refractivity contribution is 7.99. The molecule has 2 nitrogen and oxygen atoms in total. The van der Waals surface area contributed by atoms with Crippen molar-refractivity contribution in [3.05, 3.63) is 35.8 Å². The highest BCUT2D eigenvalue weighted by Crippen LogP contribution is 2.28. The number of thioether (sulfide) groups is 1. The van der Waals surface area contributed by atoms with Gasteiger partial charge in [0.25, 0.3) is 0 Å². The molecule has 1 atom stereocenters. The second-order valence-electron chi connectivity index (χ2n) is 5.74. The summed E-state index contributed by atoms with van der Waals surface area (Å²) >= 11 is 1.91. The van der Waals surface area contributed by atoms with Crippen molar-refractivity contribution in [1.82, 2.24) is 5.32 Å². The Morgan fingerprint density at radius 2 is 2.10 bits per heavy atom. The van der Waals surface area contributed by atoms with Crippen LogP contribution in [0.5, 0.6) is 0 Å². The van der Waals surface area contributed by atoms with E-state index >= 15 is 0 Å². The molecule has 0 spiro atoms. The van der Waals surface area contributed by atoms with Gasteiger partial charge in [0.15, 0.2) is 11.4 Å². The molecular weight excluding hydrogens is 285 g/mol. The van der Waals surface area contributed by atoms with Gasteiger partial charge in [0.05, 0.1) is 6.04 Å². The lowest BCUT2D eigenvalue weighted by Crippen LogP contribution is -2.24. The van der Waals surface area contributed by atoms with E-state index in [0.717, 1.165) is 35.6 Å². The fourth-order valence-electron chi connectivity index (χ4n) is 2.20. The lowest BCUT2D eigenvalue weighted by atomic mass is 10.2. The third-order valence-electron chi connectivity index (χ3n) is 3.23. The molecule has 0 radical (unpaired) electrons. The van der Waals surface area contributed by atoms with Gasteiger partial charge in [-0.1, -0.05) is 32.9 Å². The standard InChI is InChI=1S/C17H24FNOS/c1-4-8-19-15(11-21-10-12(2)3)16-9-13-6-5-7-14(18)17(13)20-16/h5-7,9,12,15,19H,4,8,10-11H2,1-3H3. The summed E-state index contributed by atoms with van der Waals surface area (Å²) in [5, 5.41) is 4.34. The van der Waals surface area contributed by atoms with Gasteiger partial charge >= 0.3 is 0 Å². The topological polar surface area (TPSA) is 25.2 Å². The van der Waals surface area contributed by atoms with Crippen LogP contribution >= 0.6 is 11.8 Å². The lowest BCUT2D eigenvalue weighted by Gasteiger charge is -2.16. The van der Waals surface area contributed by atoms with Crippen molar-refractivity contribution in [2.75, 3.05) is 18.1 Å². The van der Waals surface area contributed by atoms with Crippen LogP contribution in [0.2, 0.25) is 0 Å². The molecule has 0 saturated heterocycles. The third kappa shape index (κ3) is 4.48. The number of benzene rings is 1. The molecule has 0 aliphatic rings. The van der Waals surface area contributed by atoms with Crippen LogP contribution in [0.3, 0.4) is 0 Å². The molecule has 21 heavy (non-hydrogen) atoms. The number of hydrogen-bond donors (Lipinski definition) is 1. The average Bonchev–Trinajstić information content (AvgIpc) is 2.87. The molecule has 2 aromatic rings. The predicted molar refractivity (Wildman–Crippen MR) is 89.4 cm³/mol. The molecule has 0 saturated carbocycles. The van der Waals surface area contributed by atoms with Gasteiger partial charge in [-0.15, -0.1) is 0 Å². The number of nitrogens with one attached hydrogen (secondary N) is 1. The Morgan fingerprint density at radius 3 is 2.76 bits per heavy atom. The summed E-state index contributed by atoms with van der Waals surface area (Å²) in [6, 6.07) is 7.16. The Bertz CT molecular complexity index is 567. The van der Waals surface area contributed by atoms with E-state index in [2.05, 4.69) is 26.1 Å². The Kier molecular flexibility index (Phi) is 6.12. The summed E-state index contributed by atoms with van der Waals surface area (Å²) in [5.74, 6) is 3.29. The van der Waals surface area contributed by atoms with Crippen molar-refractivity contribution in [2.24, 2.45) is 5.92 Å². The molecule has 0 aliphatic carbocycles. The van der Waals surface area contributed by atoms with Gasteiger partial charge in [-0.25, -0.2) is 4.39 Å². The SMILES string of the molecule is CCCNC(CSCC(C)C)c1cc2cccc(F)c2o1. The fourth-order valence-corrected chi connectivity index (χ4v) is 3.33. The van der Waals surface area contributed by atoms with Crippen molar-refractivity contribution in [3.63, 3.8) is 0 Å². The molecule has 116 valence electrons. The van der Waals surface area contributed by atoms with Crippen molar-refractivity contribution in [2.45, 2.75) is 33.2 Å². The molecule has 2 rings (SSSR count). The Hall–Kier alpha value is -1.00. The van der Waals surface area contributed by atoms with E-state index in [-0.39, 0.29) is 11.9 Å². The Balaban J connectivity index is 2.15. The zero-order chi connectivity index (χ0) is 15.2. The normalized spacial score (nSPS) is 13.2. The van der Waals surface area contributed by atoms with Crippen molar-refractivity contribution in [3.8, 4) is 0 Å². The van der Waals surface area contributed by atoms with E-state index in [1.807, 2.05) is 23.9 Å². The molecule has 0 bridgehead atoms. The summed E-state index contributed by atoms with van der Waals surface area (Å²) in [4.78, 5) is 0. The average molecular weight is 309 g/mol. The molecule has 1 aromatic heterocycles. The first-order chi connectivity index (χ1) is 10.1. The van der Waals surface area contributed by atoms with Crippen LogP contribution in [0, 0.1) is 11.7 Å². The van der Waals surface area contributed by atoms with Gasteiger partial charge in [0.1, 0.15) is 5.76 Å². The second kappa shape index (κ2) is 7.85. The van der Waals surface area contributed by atoms with Crippen LogP contribution in [0.25, 0.3) is 11.0 Å². The molecule has 4 heteroatoms. The summed E-state index contributed by atoms with van der Waals surface area (Å²) in [6.07, 6.45) is 1.07. The summed E-state index contributed by atoms with van der Waals surface area (Å²) in [6.45, 7) is 7.52. The summed E-state index contributed by atoms with van der Waals surface area (Å²) < 4.78 is 19.5. The van der Waals surface area contributed by atoms with Gasteiger partial charge in [-0.2, -0.15) is 11.8 Å². The van der Waals surface area contributed by atoms with E-state index in [0.29, 0.717) is 11.5 Å². The van der Waals surface area contributed by atoms with Crippen molar-refractivity contribution < 1.29 is 8.81 Å². The van der Waals surface area contributed by atoms with Crippen molar-refractivity contribution >= 4 is 22.7 Å². The van der Waals surface area contributed by atoms with Crippen LogP contribution in [0.1, 0.15) is 39.0 Å². The smallest absolute Gasteiger partial charge is 0.169 e. The molecule has 1 heterocycles. The van der Waals surface area contributed by atoms with E-state index in [1.165, 1.54) is 6.07 Å². The number of para-hydroxylation sites is 1. The van der Waals surface area contributed by atoms with Crippen LogP contribution in [-0.2, 0) is 0 Å². The molecule has 1 N–H and O–H groups in total. The molecule has 1 unspecified atom stereocenters. The largest absolute Gasteiger partial charge is 0.456 e. The quantitative estimate of drug-likeness (QED) is 0.742. The van der Waals surface area contributed by atoms with Gasteiger partial charge < -0.3 is 9.73 Å². The van der Waals surface area contributed by atoms with E-state index in [9.17, 15) is 4.39 Å². The zero-order valence-electron chi connectivity index (χ0n) is 13.0. The maximum atomic E-state index is 13.8. The molecule has 0 aliphatic heterocycles. The number of rotatable bonds is 8. The maximum Gasteiger partial charge on any atom is 0.169 e. The minimum Gasteiger partial charge on any atom is -0.456 e. The van der Waals surface area contributed by atoms with Gasteiger partial charge in [0, 0.05) is 11.1 Å². The lowest BCUT2D eigenvalue weighted by molar-refractivity contribution is 0.447. The molecule has 0 fully saturated rings. The number of halogens is 1.